The first-order chi connectivity index (χ1) is 8.25. The molecule has 1 fully saturated rings. The van der Waals surface area contributed by atoms with Crippen LogP contribution in [-0.2, 0) is 6.54 Å². The van der Waals surface area contributed by atoms with E-state index in [1.165, 1.54) is 18.2 Å². The summed E-state index contributed by atoms with van der Waals surface area (Å²) in [5.41, 5.74) is 0.975. The first-order valence-corrected chi connectivity index (χ1v) is 6.90. The van der Waals surface area contributed by atoms with Crippen molar-refractivity contribution in [1.82, 2.24) is 9.88 Å². The van der Waals surface area contributed by atoms with E-state index in [4.69, 9.17) is 5.11 Å². The van der Waals surface area contributed by atoms with E-state index >= 15 is 0 Å². The Hall–Kier alpha value is -1.07. The van der Waals surface area contributed by atoms with Gasteiger partial charge in [-0.2, -0.15) is 11.8 Å². The van der Waals surface area contributed by atoms with Gasteiger partial charge in [0.15, 0.2) is 0 Å². The van der Waals surface area contributed by atoms with Crippen molar-refractivity contribution < 1.29 is 9.90 Å². The molecule has 0 radical (unpaired) electrons. The maximum absolute atomic E-state index is 10.8. The topological polar surface area (TPSA) is 53.4 Å². The molecular weight excluding hydrogens is 236 g/mol. The van der Waals surface area contributed by atoms with Crippen molar-refractivity contribution in [2.75, 3.05) is 24.6 Å². The van der Waals surface area contributed by atoms with Crippen molar-refractivity contribution in [3.8, 4) is 0 Å². The second-order valence-corrected chi connectivity index (χ2v) is 5.29. The Labute approximate surface area is 105 Å². The average Bonchev–Trinajstić information content (AvgIpc) is 2.58. The molecule has 1 aliphatic rings. The van der Waals surface area contributed by atoms with Crippen molar-refractivity contribution in [3.63, 3.8) is 0 Å². The summed E-state index contributed by atoms with van der Waals surface area (Å²) in [7, 11) is 0. The highest BCUT2D eigenvalue weighted by Gasteiger charge is 2.11. The lowest BCUT2D eigenvalue weighted by Crippen LogP contribution is -2.26. The summed E-state index contributed by atoms with van der Waals surface area (Å²) >= 11 is 1.98. The van der Waals surface area contributed by atoms with Crippen molar-refractivity contribution in [2.24, 2.45) is 0 Å². The average molecular weight is 252 g/mol. The zero-order valence-electron chi connectivity index (χ0n) is 9.63. The molecule has 0 unspecified atom stereocenters. The Kier molecular flexibility index (Phi) is 4.39. The van der Waals surface area contributed by atoms with Gasteiger partial charge < -0.3 is 5.11 Å². The summed E-state index contributed by atoms with van der Waals surface area (Å²) in [4.78, 5) is 17.3. The standard InChI is InChI=1S/C12H16N2O2S/c15-12(16)11-4-1-3-10(13-11)9-14-5-2-7-17-8-6-14/h1,3-4H,2,5-9H2,(H,15,16). The smallest absolute Gasteiger partial charge is 0.354 e. The number of hydrogen-bond donors (Lipinski definition) is 1. The first kappa shape index (κ1) is 12.4. The van der Waals surface area contributed by atoms with Crippen molar-refractivity contribution in [2.45, 2.75) is 13.0 Å². The minimum Gasteiger partial charge on any atom is -0.477 e. The third-order valence-corrected chi connectivity index (χ3v) is 3.77. The molecule has 0 atom stereocenters. The number of carbonyl (C=O) groups is 1. The van der Waals surface area contributed by atoms with Crippen LogP contribution in [0.2, 0.25) is 0 Å². The van der Waals surface area contributed by atoms with Crippen LogP contribution in [0.3, 0.4) is 0 Å². The van der Waals surface area contributed by atoms with Crippen LogP contribution in [-0.4, -0.2) is 45.6 Å². The van der Waals surface area contributed by atoms with Crippen molar-refractivity contribution in [1.29, 1.82) is 0 Å². The number of carboxylic acids is 1. The minimum atomic E-state index is -0.960. The molecule has 2 heterocycles. The van der Waals surface area contributed by atoms with Gasteiger partial charge in [0, 0.05) is 18.8 Å². The van der Waals surface area contributed by atoms with Gasteiger partial charge >= 0.3 is 5.97 Å². The molecule has 2 rings (SSSR count). The number of nitrogens with zero attached hydrogens (tertiary/aromatic N) is 2. The highest BCUT2D eigenvalue weighted by atomic mass is 32.2. The van der Waals surface area contributed by atoms with Crippen LogP contribution in [0.25, 0.3) is 0 Å². The van der Waals surface area contributed by atoms with Crippen LogP contribution >= 0.6 is 11.8 Å². The fourth-order valence-corrected chi connectivity index (χ4v) is 2.80. The summed E-state index contributed by atoms with van der Waals surface area (Å²) in [6.45, 7) is 2.89. The molecule has 92 valence electrons. The zero-order chi connectivity index (χ0) is 12.1. The normalized spacial score (nSPS) is 17.6. The maximum atomic E-state index is 10.8. The fraction of sp³-hybridized carbons (Fsp3) is 0.500. The van der Waals surface area contributed by atoms with Crippen molar-refractivity contribution in [3.05, 3.63) is 29.6 Å². The van der Waals surface area contributed by atoms with Gasteiger partial charge in [0.05, 0.1) is 5.69 Å². The Morgan fingerprint density at radius 2 is 2.29 bits per heavy atom. The number of carboxylic acid groups (broad SMARTS) is 1. The highest BCUT2D eigenvalue weighted by molar-refractivity contribution is 7.99. The van der Waals surface area contributed by atoms with Crippen LogP contribution in [0.5, 0.6) is 0 Å². The monoisotopic (exact) mass is 252 g/mol. The van der Waals surface area contributed by atoms with E-state index in [-0.39, 0.29) is 5.69 Å². The summed E-state index contributed by atoms with van der Waals surface area (Å²) in [6, 6.07) is 5.19. The Morgan fingerprint density at radius 1 is 1.41 bits per heavy atom. The van der Waals surface area contributed by atoms with E-state index < -0.39 is 5.97 Å². The van der Waals surface area contributed by atoms with Gasteiger partial charge in [-0.25, -0.2) is 9.78 Å². The third-order valence-electron chi connectivity index (χ3n) is 2.73. The molecule has 1 aliphatic heterocycles. The van der Waals surface area contributed by atoms with Crippen LogP contribution in [0.1, 0.15) is 22.6 Å². The molecule has 0 aromatic carbocycles. The van der Waals surface area contributed by atoms with Gasteiger partial charge in [-0.3, -0.25) is 4.90 Å². The number of aromatic carboxylic acids is 1. The molecule has 5 heteroatoms. The van der Waals surface area contributed by atoms with Crippen molar-refractivity contribution >= 4 is 17.7 Å². The van der Waals surface area contributed by atoms with E-state index in [1.807, 2.05) is 17.8 Å². The van der Waals surface area contributed by atoms with E-state index in [9.17, 15) is 4.79 Å². The Morgan fingerprint density at radius 3 is 3.12 bits per heavy atom. The lowest BCUT2D eigenvalue weighted by atomic mass is 10.2. The molecular formula is C12H16N2O2S. The SMILES string of the molecule is O=C(O)c1cccc(CN2CCCSCC2)n1. The highest BCUT2D eigenvalue weighted by Crippen LogP contribution is 2.12. The minimum absolute atomic E-state index is 0.131. The maximum Gasteiger partial charge on any atom is 0.354 e. The quantitative estimate of drug-likeness (QED) is 0.887. The lowest BCUT2D eigenvalue weighted by Gasteiger charge is -2.18. The fourth-order valence-electron chi connectivity index (χ4n) is 1.87. The van der Waals surface area contributed by atoms with Crippen LogP contribution in [0.4, 0.5) is 0 Å². The van der Waals surface area contributed by atoms with E-state index in [0.717, 1.165) is 31.1 Å². The largest absolute Gasteiger partial charge is 0.477 e. The number of thioether (sulfide) groups is 1. The molecule has 1 N–H and O–H groups in total. The second kappa shape index (κ2) is 6.02. The molecule has 0 spiro atoms. The number of aromatic nitrogens is 1. The molecule has 0 amide bonds. The van der Waals surface area contributed by atoms with Crippen LogP contribution < -0.4 is 0 Å². The van der Waals surface area contributed by atoms with Gasteiger partial charge in [-0.1, -0.05) is 6.07 Å². The predicted molar refractivity (Wildman–Crippen MR) is 68.4 cm³/mol. The lowest BCUT2D eigenvalue weighted by molar-refractivity contribution is 0.0690. The first-order valence-electron chi connectivity index (χ1n) is 5.75. The van der Waals surface area contributed by atoms with Gasteiger partial charge in [0.2, 0.25) is 0 Å². The van der Waals surface area contributed by atoms with Crippen LogP contribution in [0, 0.1) is 0 Å². The summed E-state index contributed by atoms with van der Waals surface area (Å²) in [5, 5.41) is 8.88. The summed E-state index contributed by atoms with van der Waals surface area (Å²) in [5.74, 6) is 1.41. The van der Waals surface area contributed by atoms with E-state index in [0.29, 0.717) is 0 Å². The third kappa shape index (κ3) is 3.71. The summed E-state index contributed by atoms with van der Waals surface area (Å²) < 4.78 is 0. The molecule has 17 heavy (non-hydrogen) atoms. The second-order valence-electron chi connectivity index (χ2n) is 4.06. The van der Waals surface area contributed by atoms with Crippen LogP contribution in [0.15, 0.2) is 18.2 Å². The van der Waals surface area contributed by atoms with Gasteiger partial charge in [0.1, 0.15) is 5.69 Å². The molecule has 1 aromatic heterocycles. The molecule has 1 aromatic rings. The zero-order valence-corrected chi connectivity index (χ0v) is 10.4. The Balaban J connectivity index is 2.01. The summed E-state index contributed by atoms with van der Waals surface area (Å²) in [6.07, 6.45) is 1.20. The predicted octanol–water partition coefficient (Wildman–Crippen LogP) is 1.72. The van der Waals surface area contributed by atoms with E-state index in [2.05, 4.69) is 9.88 Å². The molecule has 0 saturated carbocycles. The van der Waals surface area contributed by atoms with Gasteiger partial charge in [-0.15, -0.1) is 0 Å². The number of hydrogen-bond acceptors (Lipinski definition) is 4. The number of pyridine rings is 1. The molecule has 1 saturated heterocycles. The Bertz CT molecular complexity index is 390. The number of rotatable bonds is 3. The molecule has 0 bridgehead atoms. The van der Waals surface area contributed by atoms with Gasteiger partial charge in [0.25, 0.3) is 0 Å². The van der Waals surface area contributed by atoms with Gasteiger partial charge in [-0.05, 0) is 30.9 Å². The molecule has 4 nitrogen and oxygen atoms in total. The molecule has 0 aliphatic carbocycles. The van der Waals surface area contributed by atoms with E-state index in [1.54, 1.807) is 6.07 Å².